The number of rotatable bonds is 6. The van der Waals surface area contributed by atoms with Crippen molar-refractivity contribution >= 4 is 11.9 Å². The van der Waals surface area contributed by atoms with E-state index in [-0.39, 0.29) is 17.3 Å². The molecule has 3 rings (SSSR count). The van der Waals surface area contributed by atoms with Crippen LogP contribution >= 0.6 is 0 Å². The van der Waals surface area contributed by atoms with Crippen LogP contribution < -0.4 is 0 Å². The first-order valence-electron chi connectivity index (χ1n) is 9.57. The molecule has 0 aliphatic carbocycles. The van der Waals surface area contributed by atoms with E-state index in [1.807, 2.05) is 23.1 Å². The van der Waals surface area contributed by atoms with E-state index < -0.39 is 0 Å². The second kappa shape index (κ2) is 8.62. The number of aromatic nitrogens is 1. The average molecular weight is 359 g/mol. The number of carbonyl (C=O) groups excluding carboxylic acids is 2. The molecule has 6 heteroatoms. The summed E-state index contributed by atoms with van der Waals surface area (Å²) in [5.74, 6) is 0.102. The van der Waals surface area contributed by atoms with Crippen LogP contribution in [0, 0.1) is 5.41 Å². The van der Waals surface area contributed by atoms with Crippen LogP contribution in [0.2, 0.25) is 0 Å². The number of piperidine rings is 2. The van der Waals surface area contributed by atoms with Gasteiger partial charge in [-0.1, -0.05) is 6.07 Å². The van der Waals surface area contributed by atoms with Gasteiger partial charge in [0, 0.05) is 37.5 Å². The number of ether oxygens (including phenoxy) is 1. The van der Waals surface area contributed by atoms with Crippen molar-refractivity contribution in [2.24, 2.45) is 5.41 Å². The number of methoxy groups -OCH3 is 1. The summed E-state index contributed by atoms with van der Waals surface area (Å²) in [6, 6.07) is 5.85. The highest BCUT2D eigenvalue weighted by atomic mass is 16.5. The van der Waals surface area contributed by atoms with Gasteiger partial charge in [-0.2, -0.15) is 0 Å². The lowest BCUT2D eigenvalue weighted by atomic mass is 9.73. The van der Waals surface area contributed by atoms with Crippen LogP contribution in [0.3, 0.4) is 0 Å². The largest absolute Gasteiger partial charge is 0.469 e. The Labute approximate surface area is 155 Å². The van der Waals surface area contributed by atoms with Crippen molar-refractivity contribution in [3.8, 4) is 0 Å². The van der Waals surface area contributed by atoms with E-state index in [0.29, 0.717) is 19.4 Å². The normalized spacial score (nSPS) is 24.0. The van der Waals surface area contributed by atoms with Crippen molar-refractivity contribution in [1.29, 1.82) is 0 Å². The van der Waals surface area contributed by atoms with Gasteiger partial charge in [-0.05, 0) is 50.9 Å². The van der Waals surface area contributed by atoms with Crippen molar-refractivity contribution in [3.05, 3.63) is 30.1 Å². The van der Waals surface area contributed by atoms with Crippen LogP contribution in [0.15, 0.2) is 24.4 Å². The fraction of sp³-hybridized carbons (Fsp3) is 0.650. The van der Waals surface area contributed by atoms with Crippen LogP contribution in [0.25, 0.3) is 0 Å². The minimum atomic E-state index is -0.137. The van der Waals surface area contributed by atoms with Gasteiger partial charge in [0.1, 0.15) is 0 Å². The van der Waals surface area contributed by atoms with Crippen LogP contribution in [0.4, 0.5) is 0 Å². The molecule has 0 radical (unpaired) electrons. The molecular formula is C20H29N3O3. The lowest BCUT2D eigenvalue weighted by molar-refractivity contribution is -0.142. The number of hydrogen-bond acceptors (Lipinski definition) is 5. The number of carbonyl (C=O) groups is 2. The fourth-order valence-electron chi connectivity index (χ4n) is 4.32. The highest BCUT2D eigenvalue weighted by molar-refractivity contribution is 5.77. The maximum atomic E-state index is 12.4. The minimum absolute atomic E-state index is 0.137. The molecular weight excluding hydrogens is 330 g/mol. The monoisotopic (exact) mass is 359 g/mol. The third-order valence-corrected chi connectivity index (χ3v) is 5.65. The van der Waals surface area contributed by atoms with E-state index in [0.717, 1.165) is 51.1 Å². The zero-order valence-electron chi connectivity index (χ0n) is 15.7. The third-order valence-electron chi connectivity index (χ3n) is 5.65. The van der Waals surface area contributed by atoms with Gasteiger partial charge in [0.2, 0.25) is 5.91 Å². The minimum Gasteiger partial charge on any atom is -0.469 e. The molecule has 2 aliphatic rings. The summed E-state index contributed by atoms with van der Waals surface area (Å²) in [6.45, 7) is 4.43. The molecule has 26 heavy (non-hydrogen) atoms. The molecule has 0 aromatic carbocycles. The Morgan fingerprint density at radius 1 is 1.31 bits per heavy atom. The number of hydrogen-bond donors (Lipinski definition) is 0. The lowest BCUT2D eigenvalue weighted by Gasteiger charge is -2.48. The lowest BCUT2D eigenvalue weighted by Crippen LogP contribution is -2.53. The third kappa shape index (κ3) is 4.81. The maximum absolute atomic E-state index is 12.4. The molecule has 142 valence electrons. The highest BCUT2D eigenvalue weighted by Crippen LogP contribution is 2.39. The fourth-order valence-corrected chi connectivity index (χ4v) is 4.32. The Morgan fingerprint density at radius 3 is 2.96 bits per heavy atom. The Balaban J connectivity index is 1.57. The predicted octanol–water partition coefficient (Wildman–Crippen LogP) is 2.24. The van der Waals surface area contributed by atoms with Crippen molar-refractivity contribution in [1.82, 2.24) is 14.8 Å². The summed E-state index contributed by atoms with van der Waals surface area (Å²) in [6.07, 6.45) is 7.02. The summed E-state index contributed by atoms with van der Waals surface area (Å²) in [4.78, 5) is 32.6. The van der Waals surface area contributed by atoms with Gasteiger partial charge < -0.3 is 14.5 Å². The molecule has 6 nitrogen and oxygen atoms in total. The van der Waals surface area contributed by atoms with Crippen molar-refractivity contribution in [3.63, 3.8) is 0 Å². The highest BCUT2D eigenvalue weighted by Gasteiger charge is 2.41. The molecule has 0 N–H and O–H groups in total. The Kier molecular flexibility index (Phi) is 6.25. The van der Waals surface area contributed by atoms with Gasteiger partial charge in [0.25, 0.3) is 0 Å². The molecule has 1 aromatic heterocycles. The number of pyridine rings is 1. The second-order valence-corrected chi connectivity index (χ2v) is 7.63. The molecule has 0 unspecified atom stereocenters. The topological polar surface area (TPSA) is 62.7 Å². The van der Waals surface area contributed by atoms with Crippen molar-refractivity contribution < 1.29 is 14.3 Å². The number of amides is 1. The molecule has 2 fully saturated rings. The summed E-state index contributed by atoms with van der Waals surface area (Å²) >= 11 is 0. The van der Waals surface area contributed by atoms with Crippen LogP contribution in [0.5, 0.6) is 0 Å². The van der Waals surface area contributed by atoms with Gasteiger partial charge in [-0.3, -0.25) is 14.6 Å². The predicted molar refractivity (Wildman–Crippen MR) is 98.2 cm³/mol. The van der Waals surface area contributed by atoms with E-state index in [1.54, 1.807) is 6.20 Å². The molecule has 2 saturated heterocycles. The van der Waals surface area contributed by atoms with Gasteiger partial charge in [-0.15, -0.1) is 0 Å². The summed E-state index contributed by atoms with van der Waals surface area (Å²) in [5, 5.41) is 0. The van der Waals surface area contributed by atoms with E-state index >= 15 is 0 Å². The molecule has 0 bridgehead atoms. The van der Waals surface area contributed by atoms with Crippen molar-refractivity contribution in [2.75, 3.05) is 33.3 Å². The van der Waals surface area contributed by atoms with Crippen LogP contribution in [-0.2, 0) is 20.9 Å². The SMILES string of the molecule is COC(=O)CCCN1CCC[C@]2(CCC(=O)N(Cc3ccccn3)C2)C1. The van der Waals surface area contributed by atoms with Crippen LogP contribution in [0.1, 0.15) is 44.2 Å². The van der Waals surface area contributed by atoms with E-state index in [9.17, 15) is 9.59 Å². The number of esters is 1. The van der Waals surface area contributed by atoms with Crippen LogP contribution in [-0.4, -0.2) is 59.9 Å². The molecule has 0 saturated carbocycles. The van der Waals surface area contributed by atoms with Gasteiger partial charge in [0.15, 0.2) is 0 Å². The zero-order chi connectivity index (χ0) is 18.4. The molecule has 1 atom stereocenters. The number of likely N-dealkylation sites (tertiary alicyclic amines) is 2. The molecule has 1 aromatic rings. The molecule has 3 heterocycles. The Bertz CT molecular complexity index is 622. The summed E-state index contributed by atoms with van der Waals surface area (Å²) in [5.41, 5.74) is 1.13. The second-order valence-electron chi connectivity index (χ2n) is 7.63. The van der Waals surface area contributed by atoms with Gasteiger partial charge in [-0.25, -0.2) is 0 Å². The number of nitrogens with zero attached hydrogens (tertiary/aromatic N) is 3. The maximum Gasteiger partial charge on any atom is 0.305 e. The zero-order valence-corrected chi connectivity index (χ0v) is 15.7. The average Bonchev–Trinajstić information content (AvgIpc) is 2.66. The molecule has 1 spiro atoms. The van der Waals surface area contributed by atoms with E-state index in [1.165, 1.54) is 13.5 Å². The molecule has 2 aliphatic heterocycles. The molecule has 1 amide bonds. The Hall–Kier alpha value is -1.95. The van der Waals surface area contributed by atoms with Gasteiger partial charge >= 0.3 is 5.97 Å². The first kappa shape index (κ1) is 18.8. The summed E-state index contributed by atoms with van der Waals surface area (Å²) < 4.78 is 4.72. The van der Waals surface area contributed by atoms with Gasteiger partial charge in [0.05, 0.1) is 19.3 Å². The quantitative estimate of drug-likeness (QED) is 0.729. The van der Waals surface area contributed by atoms with E-state index in [4.69, 9.17) is 4.74 Å². The smallest absolute Gasteiger partial charge is 0.305 e. The summed E-state index contributed by atoms with van der Waals surface area (Å²) in [7, 11) is 1.44. The standard InChI is InChI=1S/C20H29N3O3/c1-26-19(25)7-4-12-22-13-5-9-20(15-22)10-8-18(24)23(16-20)14-17-6-2-3-11-21-17/h2-3,6,11H,4-5,7-10,12-16H2,1H3/t20-/m0/s1. The first-order chi connectivity index (χ1) is 12.6. The Morgan fingerprint density at radius 2 is 2.19 bits per heavy atom. The van der Waals surface area contributed by atoms with Crippen molar-refractivity contribution in [2.45, 2.75) is 45.1 Å². The first-order valence-corrected chi connectivity index (χ1v) is 9.57. The van der Waals surface area contributed by atoms with E-state index in [2.05, 4.69) is 9.88 Å².